The van der Waals surface area contributed by atoms with Crippen LogP contribution in [0.3, 0.4) is 0 Å². The van der Waals surface area contributed by atoms with E-state index in [9.17, 15) is 14.0 Å². The van der Waals surface area contributed by atoms with Crippen LogP contribution in [0.2, 0.25) is 0 Å². The lowest BCUT2D eigenvalue weighted by Gasteiger charge is -2.27. The van der Waals surface area contributed by atoms with E-state index in [2.05, 4.69) is 4.98 Å². The summed E-state index contributed by atoms with van der Waals surface area (Å²) in [6.07, 6.45) is 0. The predicted octanol–water partition coefficient (Wildman–Crippen LogP) is 3.66. The van der Waals surface area contributed by atoms with Crippen LogP contribution in [-0.4, -0.2) is 48.4 Å². The van der Waals surface area contributed by atoms with E-state index in [4.69, 9.17) is 9.47 Å². The Morgan fingerprint density at radius 1 is 1.25 bits per heavy atom. The number of aromatic nitrogens is 1. The van der Waals surface area contributed by atoms with Gasteiger partial charge in [-0.2, -0.15) is 0 Å². The highest BCUT2D eigenvalue weighted by Crippen LogP contribution is 2.23. The van der Waals surface area contributed by atoms with Gasteiger partial charge in [-0.05, 0) is 50.6 Å². The molecule has 0 amide bonds. The highest BCUT2D eigenvalue weighted by atomic mass is 19.1. The van der Waals surface area contributed by atoms with Gasteiger partial charge in [0.25, 0.3) is 0 Å². The number of ketones is 1. The summed E-state index contributed by atoms with van der Waals surface area (Å²) in [6, 6.07) is 4.31. The number of H-pyrrole nitrogens is 1. The Bertz CT molecular complexity index is 876. The molecule has 1 heterocycles. The van der Waals surface area contributed by atoms with Crippen LogP contribution in [0, 0.1) is 19.7 Å². The fourth-order valence-electron chi connectivity index (χ4n) is 3.34. The third-order valence-electron chi connectivity index (χ3n) is 5.01. The van der Waals surface area contributed by atoms with E-state index in [0.29, 0.717) is 35.6 Å². The topological polar surface area (TPSA) is 71.6 Å². The van der Waals surface area contributed by atoms with Crippen LogP contribution in [0.5, 0.6) is 5.75 Å². The zero-order valence-electron chi connectivity index (χ0n) is 17.2. The molecule has 1 N–H and O–H groups in total. The van der Waals surface area contributed by atoms with Crippen molar-refractivity contribution >= 4 is 11.8 Å². The SMILES string of the molecule is CCN(Cc1ccc(OC)c(F)c1)[C@@H](C)C(=O)c1[nH]c(C)c(C(=O)OC)c1C. The molecular weight excluding hydrogens is 363 g/mol. The summed E-state index contributed by atoms with van der Waals surface area (Å²) in [5.41, 5.74) is 2.70. The molecule has 6 nitrogen and oxygen atoms in total. The van der Waals surface area contributed by atoms with Crippen LogP contribution in [0.15, 0.2) is 18.2 Å². The second kappa shape index (κ2) is 9.01. The summed E-state index contributed by atoms with van der Waals surface area (Å²) in [4.78, 5) is 30.0. The van der Waals surface area contributed by atoms with Crippen LogP contribution in [0.1, 0.15) is 51.5 Å². The largest absolute Gasteiger partial charge is 0.494 e. The molecule has 1 atom stereocenters. The van der Waals surface area contributed by atoms with Gasteiger partial charge in [0.1, 0.15) is 0 Å². The first-order chi connectivity index (χ1) is 13.2. The van der Waals surface area contributed by atoms with Gasteiger partial charge in [-0.3, -0.25) is 9.69 Å². The van der Waals surface area contributed by atoms with Crippen molar-refractivity contribution in [2.45, 2.75) is 40.3 Å². The fraction of sp³-hybridized carbons (Fsp3) is 0.429. The number of aromatic amines is 1. The summed E-state index contributed by atoms with van der Waals surface area (Å²) >= 11 is 0. The van der Waals surface area contributed by atoms with E-state index in [1.54, 1.807) is 32.9 Å². The number of esters is 1. The minimum atomic E-state index is -0.473. The van der Waals surface area contributed by atoms with Crippen LogP contribution < -0.4 is 4.74 Å². The second-order valence-corrected chi connectivity index (χ2v) is 6.69. The number of halogens is 1. The molecule has 0 saturated heterocycles. The highest BCUT2D eigenvalue weighted by molar-refractivity contribution is 6.03. The van der Waals surface area contributed by atoms with Crippen molar-refractivity contribution in [2.24, 2.45) is 0 Å². The van der Waals surface area contributed by atoms with Gasteiger partial charge in [0.05, 0.1) is 31.5 Å². The molecule has 0 aliphatic rings. The number of carbonyl (C=O) groups is 2. The lowest BCUT2D eigenvalue weighted by Crippen LogP contribution is -2.39. The van der Waals surface area contributed by atoms with Crippen LogP contribution in [0.4, 0.5) is 4.39 Å². The average Bonchev–Trinajstić information content (AvgIpc) is 2.98. The van der Waals surface area contributed by atoms with Crippen molar-refractivity contribution < 1.29 is 23.5 Å². The molecular formula is C21H27FN2O4. The Hall–Kier alpha value is -2.67. The van der Waals surface area contributed by atoms with E-state index in [-0.39, 0.29) is 11.5 Å². The summed E-state index contributed by atoms with van der Waals surface area (Å²) < 4.78 is 23.7. The van der Waals surface area contributed by atoms with Gasteiger partial charge in [0.15, 0.2) is 17.3 Å². The van der Waals surface area contributed by atoms with Crippen LogP contribution in [-0.2, 0) is 11.3 Å². The molecule has 0 fully saturated rings. The van der Waals surface area contributed by atoms with E-state index in [1.165, 1.54) is 20.3 Å². The van der Waals surface area contributed by atoms with Gasteiger partial charge in [-0.15, -0.1) is 0 Å². The molecule has 0 spiro atoms. The van der Waals surface area contributed by atoms with Crippen molar-refractivity contribution in [3.05, 3.63) is 52.1 Å². The first-order valence-electron chi connectivity index (χ1n) is 9.13. The number of methoxy groups -OCH3 is 2. The van der Waals surface area contributed by atoms with Crippen molar-refractivity contribution in [3.8, 4) is 5.75 Å². The van der Waals surface area contributed by atoms with Crippen molar-refractivity contribution in [2.75, 3.05) is 20.8 Å². The average molecular weight is 390 g/mol. The van der Waals surface area contributed by atoms with Crippen molar-refractivity contribution in [3.63, 3.8) is 0 Å². The van der Waals surface area contributed by atoms with Crippen LogP contribution in [0.25, 0.3) is 0 Å². The second-order valence-electron chi connectivity index (χ2n) is 6.69. The Morgan fingerprint density at radius 3 is 2.46 bits per heavy atom. The number of Topliss-reactive ketones (excluding diaryl/α,β-unsaturated/α-hetero) is 1. The minimum absolute atomic E-state index is 0.133. The van der Waals surface area contributed by atoms with Gasteiger partial charge in [-0.25, -0.2) is 9.18 Å². The molecule has 1 aromatic heterocycles. The number of carbonyl (C=O) groups excluding carboxylic acids is 2. The lowest BCUT2D eigenvalue weighted by atomic mass is 10.0. The lowest BCUT2D eigenvalue weighted by molar-refractivity contribution is 0.0599. The molecule has 0 unspecified atom stereocenters. The maximum Gasteiger partial charge on any atom is 0.339 e. The fourth-order valence-corrected chi connectivity index (χ4v) is 3.34. The van der Waals surface area contributed by atoms with Crippen molar-refractivity contribution in [1.29, 1.82) is 0 Å². The third kappa shape index (κ3) is 4.25. The first-order valence-corrected chi connectivity index (χ1v) is 9.13. The highest BCUT2D eigenvalue weighted by Gasteiger charge is 2.28. The number of rotatable bonds is 8. The Kier molecular flexibility index (Phi) is 6.96. The first kappa shape index (κ1) is 21.6. The van der Waals surface area contributed by atoms with Gasteiger partial charge in [0, 0.05) is 12.2 Å². The number of benzene rings is 1. The van der Waals surface area contributed by atoms with Gasteiger partial charge < -0.3 is 14.5 Å². The smallest absolute Gasteiger partial charge is 0.339 e. The molecule has 0 aliphatic carbocycles. The zero-order chi connectivity index (χ0) is 21.0. The Balaban J connectivity index is 2.25. The maximum absolute atomic E-state index is 14.0. The summed E-state index contributed by atoms with van der Waals surface area (Å²) in [6.45, 7) is 8.22. The number of nitrogens with zero attached hydrogens (tertiary/aromatic N) is 1. The molecule has 2 rings (SSSR count). The Morgan fingerprint density at radius 2 is 1.93 bits per heavy atom. The van der Waals surface area contributed by atoms with E-state index < -0.39 is 17.8 Å². The molecule has 28 heavy (non-hydrogen) atoms. The quantitative estimate of drug-likeness (QED) is 0.550. The number of hydrogen-bond acceptors (Lipinski definition) is 5. The third-order valence-corrected chi connectivity index (χ3v) is 5.01. The summed E-state index contributed by atoms with van der Waals surface area (Å²) in [5.74, 6) is -0.858. The molecule has 0 saturated carbocycles. The van der Waals surface area contributed by atoms with Crippen LogP contribution >= 0.6 is 0 Å². The number of nitrogens with one attached hydrogen (secondary N) is 1. The van der Waals surface area contributed by atoms with E-state index >= 15 is 0 Å². The minimum Gasteiger partial charge on any atom is -0.494 e. The predicted molar refractivity (Wildman–Crippen MR) is 104 cm³/mol. The molecule has 0 aliphatic heterocycles. The van der Waals surface area contributed by atoms with Gasteiger partial charge in [0.2, 0.25) is 0 Å². The normalized spacial score (nSPS) is 12.1. The summed E-state index contributed by atoms with van der Waals surface area (Å²) in [7, 11) is 2.73. The molecule has 152 valence electrons. The Labute approximate surface area is 164 Å². The van der Waals surface area contributed by atoms with Crippen molar-refractivity contribution in [1.82, 2.24) is 9.88 Å². The number of ether oxygens (including phenoxy) is 2. The number of hydrogen-bond donors (Lipinski definition) is 1. The molecule has 0 radical (unpaired) electrons. The summed E-state index contributed by atoms with van der Waals surface area (Å²) in [5, 5.41) is 0. The number of likely N-dealkylation sites (N-methyl/N-ethyl adjacent to an activating group) is 1. The van der Waals surface area contributed by atoms with E-state index in [0.717, 1.165) is 5.56 Å². The molecule has 0 bridgehead atoms. The van der Waals surface area contributed by atoms with Gasteiger partial charge >= 0.3 is 5.97 Å². The number of aryl methyl sites for hydroxylation is 1. The van der Waals surface area contributed by atoms with Gasteiger partial charge in [-0.1, -0.05) is 13.0 Å². The molecule has 1 aromatic carbocycles. The zero-order valence-corrected chi connectivity index (χ0v) is 17.2. The molecule has 7 heteroatoms. The van der Waals surface area contributed by atoms with E-state index in [1.807, 2.05) is 11.8 Å². The molecule has 2 aromatic rings. The maximum atomic E-state index is 14.0. The monoisotopic (exact) mass is 390 g/mol. The standard InChI is InChI=1S/C21H27FN2O4/c1-7-24(11-15-8-9-17(27-5)16(22)10-15)14(4)20(25)19-12(2)18(13(3)23-19)21(26)28-6/h8-10,14,23H,7,11H2,1-6H3/t14-/m0/s1.